The molecule has 0 spiro atoms. The van der Waals surface area contributed by atoms with Gasteiger partial charge >= 0.3 is 0 Å². The minimum atomic E-state index is -0.445. The monoisotopic (exact) mass is 364 g/mol. The summed E-state index contributed by atoms with van der Waals surface area (Å²) < 4.78 is 5.48. The zero-order chi connectivity index (χ0) is 15.1. The van der Waals surface area contributed by atoms with Crippen LogP contribution in [0.5, 0.6) is 0 Å². The fourth-order valence-electron chi connectivity index (χ4n) is 2.15. The van der Waals surface area contributed by atoms with Gasteiger partial charge in [-0.3, -0.25) is 14.6 Å². The molecule has 130 valence electrons. The van der Waals surface area contributed by atoms with Crippen molar-refractivity contribution >= 4 is 42.3 Å². The second-order valence-electron chi connectivity index (χ2n) is 4.89. The quantitative estimate of drug-likeness (QED) is 0.694. The first-order valence-corrected chi connectivity index (χ1v) is 7.02. The largest absolute Gasteiger partial charge is 0.364 e. The van der Waals surface area contributed by atoms with E-state index < -0.39 is 6.10 Å². The summed E-state index contributed by atoms with van der Waals surface area (Å²) in [5.74, 6) is -0.351. The van der Waals surface area contributed by atoms with Crippen LogP contribution in [0.3, 0.4) is 0 Å². The van der Waals surface area contributed by atoms with E-state index in [1.54, 1.807) is 24.5 Å². The Labute approximate surface area is 147 Å². The van der Waals surface area contributed by atoms with Gasteiger partial charge in [-0.25, -0.2) is 0 Å². The molecular formula is C14H22Cl2N4O3. The van der Waals surface area contributed by atoms with E-state index in [0.717, 1.165) is 6.42 Å². The van der Waals surface area contributed by atoms with Crippen molar-refractivity contribution in [3.05, 3.63) is 24.5 Å². The van der Waals surface area contributed by atoms with E-state index in [9.17, 15) is 9.59 Å². The summed E-state index contributed by atoms with van der Waals surface area (Å²) in [5.41, 5.74) is 6.13. The van der Waals surface area contributed by atoms with Gasteiger partial charge in [-0.05, 0) is 25.0 Å². The van der Waals surface area contributed by atoms with Crippen LogP contribution >= 0.6 is 24.8 Å². The normalized spacial score (nSPS) is 19.2. The summed E-state index contributed by atoms with van der Waals surface area (Å²) in [6.45, 7) is 0.704. The predicted molar refractivity (Wildman–Crippen MR) is 91.9 cm³/mol. The Balaban J connectivity index is 0.00000242. The van der Waals surface area contributed by atoms with E-state index in [0.29, 0.717) is 18.7 Å². The van der Waals surface area contributed by atoms with Gasteiger partial charge in [0.25, 0.3) is 0 Å². The number of nitrogens with two attached hydrogens (primary N) is 1. The van der Waals surface area contributed by atoms with Gasteiger partial charge in [0.05, 0.1) is 18.0 Å². The molecule has 2 rings (SSSR count). The molecule has 1 aliphatic rings. The highest BCUT2D eigenvalue weighted by atomic mass is 35.5. The smallest absolute Gasteiger partial charge is 0.249 e. The van der Waals surface area contributed by atoms with E-state index in [4.69, 9.17) is 10.5 Å². The molecule has 2 amide bonds. The molecule has 2 atom stereocenters. The van der Waals surface area contributed by atoms with Crippen LogP contribution in [0, 0.1) is 0 Å². The molecule has 1 saturated heterocycles. The molecule has 1 aromatic heterocycles. The van der Waals surface area contributed by atoms with Crippen molar-refractivity contribution in [2.45, 2.75) is 31.5 Å². The van der Waals surface area contributed by atoms with Crippen molar-refractivity contribution in [2.75, 3.05) is 18.4 Å². The van der Waals surface area contributed by atoms with Gasteiger partial charge in [0.15, 0.2) is 0 Å². The lowest BCUT2D eigenvalue weighted by molar-refractivity contribution is -0.131. The molecule has 2 heterocycles. The third kappa shape index (κ3) is 7.13. The lowest BCUT2D eigenvalue weighted by Gasteiger charge is -2.12. The van der Waals surface area contributed by atoms with Crippen LogP contribution in [0.1, 0.15) is 19.3 Å². The summed E-state index contributed by atoms with van der Waals surface area (Å²) in [6.07, 6.45) is 4.40. The maximum atomic E-state index is 11.8. The summed E-state index contributed by atoms with van der Waals surface area (Å²) >= 11 is 0. The van der Waals surface area contributed by atoms with Crippen LogP contribution in [0.25, 0.3) is 0 Å². The predicted octanol–water partition coefficient (Wildman–Crippen LogP) is 0.876. The van der Waals surface area contributed by atoms with Crippen LogP contribution < -0.4 is 16.4 Å². The number of nitrogens with one attached hydrogen (secondary N) is 2. The number of aromatic nitrogens is 1. The molecule has 0 radical (unpaired) electrons. The Morgan fingerprint density at radius 2 is 2.13 bits per heavy atom. The number of carbonyl (C=O) groups excluding carboxylic acids is 2. The summed E-state index contributed by atoms with van der Waals surface area (Å²) in [5, 5.41) is 5.41. The number of halogens is 2. The van der Waals surface area contributed by atoms with Crippen LogP contribution in [-0.2, 0) is 14.3 Å². The Morgan fingerprint density at radius 1 is 1.35 bits per heavy atom. The van der Waals surface area contributed by atoms with Crippen LogP contribution in [0.4, 0.5) is 5.69 Å². The molecule has 0 aromatic carbocycles. The van der Waals surface area contributed by atoms with Gasteiger partial charge in [-0.2, -0.15) is 0 Å². The number of ether oxygens (including phenoxy) is 1. The average molecular weight is 365 g/mol. The lowest BCUT2D eigenvalue weighted by atomic mass is 10.2. The number of carbonyl (C=O) groups is 2. The fourth-order valence-corrected chi connectivity index (χ4v) is 2.15. The summed E-state index contributed by atoms with van der Waals surface area (Å²) in [6, 6.07) is 3.49. The SMILES string of the molecule is Cl.Cl.NC[C@H]1CC[C@@H](C(=O)NCCC(=O)Nc2cccnc2)O1. The first-order valence-electron chi connectivity index (χ1n) is 7.02. The zero-order valence-electron chi connectivity index (χ0n) is 12.6. The molecule has 9 heteroatoms. The minimum Gasteiger partial charge on any atom is -0.364 e. The van der Waals surface area contributed by atoms with E-state index in [2.05, 4.69) is 15.6 Å². The molecule has 1 aliphatic heterocycles. The van der Waals surface area contributed by atoms with Crippen molar-refractivity contribution in [3.63, 3.8) is 0 Å². The number of rotatable bonds is 6. The van der Waals surface area contributed by atoms with Crippen molar-refractivity contribution in [3.8, 4) is 0 Å². The molecular weight excluding hydrogens is 343 g/mol. The van der Waals surface area contributed by atoms with Gasteiger partial charge in [-0.15, -0.1) is 24.8 Å². The summed E-state index contributed by atoms with van der Waals surface area (Å²) in [7, 11) is 0. The van der Waals surface area contributed by atoms with E-state index in [-0.39, 0.29) is 55.7 Å². The highest BCUT2D eigenvalue weighted by Gasteiger charge is 2.29. The summed E-state index contributed by atoms with van der Waals surface area (Å²) in [4.78, 5) is 27.4. The Hall–Kier alpha value is -1.41. The highest BCUT2D eigenvalue weighted by Crippen LogP contribution is 2.18. The Bertz CT molecular complexity index is 490. The minimum absolute atomic E-state index is 0. The average Bonchev–Trinajstić information content (AvgIpc) is 2.97. The van der Waals surface area contributed by atoms with Gasteiger partial charge in [0, 0.05) is 25.7 Å². The number of pyridine rings is 1. The Kier molecular flexibility index (Phi) is 10.5. The molecule has 0 unspecified atom stereocenters. The molecule has 0 bridgehead atoms. The fraction of sp³-hybridized carbons (Fsp3) is 0.500. The first-order chi connectivity index (χ1) is 10.2. The molecule has 4 N–H and O–H groups in total. The second-order valence-corrected chi connectivity index (χ2v) is 4.89. The maximum Gasteiger partial charge on any atom is 0.249 e. The highest BCUT2D eigenvalue weighted by molar-refractivity contribution is 5.91. The number of hydrogen-bond acceptors (Lipinski definition) is 5. The molecule has 0 aliphatic carbocycles. The molecule has 1 aromatic rings. The Morgan fingerprint density at radius 3 is 2.74 bits per heavy atom. The number of amides is 2. The topological polar surface area (TPSA) is 106 Å². The molecule has 1 fully saturated rings. The lowest BCUT2D eigenvalue weighted by Crippen LogP contribution is -2.37. The van der Waals surface area contributed by atoms with Crippen molar-refractivity contribution < 1.29 is 14.3 Å². The van der Waals surface area contributed by atoms with E-state index in [1.165, 1.54) is 0 Å². The third-order valence-electron chi connectivity index (χ3n) is 3.26. The van der Waals surface area contributed by atoms with Crippen molar-refractivity contribution in [1.82, 2.24) is 10.3 Å². The van der Waals surface area contributed by atoms with Gasteiger partial charge in [0.2, 0.25) is 11.8 Å². The van der Waals surface area contributed by atoms with Crippen LogP contribution in [0.15, 0.2) is 24.5 Å². The van der Waals surface area contributed by atoms with Crippen molar-refractivity contribution in [2.24, 2.45) is 5.73 Å². The van der Waals surface area contributed by atoms with Gasteiger partial charge in [0.1, 0.15) is 6.10 Å². The number of anilines is 1. The number of hydrogen-bond donors (Lipinski definition) is 3. The van der Waals surface area contributed by atoms with Crippen LogP contribution in [-0.4, -0.2) is 42.1 Å². The van der Waals surface area contributed by atoms with Gasteiger partial charge in [-0.1, -0.05) is 0 Å². The molecule has 23 heavy (non-hydrogen) atoms. The first kappa shape index (κ1) is 21.6. The van der Waals surface area contributed by atoms with Gasteiger partial charge < -0.3 is 21.1 Å². The second kappa shape index (κ2) is 11.2. The molecule has 7 nitrogen and oxygen atoms in total. The van der Waals surface area contributed by atoms with E-state index >= 15 is 0 Å². The standard InChI is InChI=1S/C14H20N4O3.2ClH/c15-8-11-3-4-12(21-11)14(20)17-7-5-13(19)18-10-2-1-6-16-9-10;;/h1-2,6,9,11-12H,3-5,7-8,15H2,(H,17,20)(H,18,19);2*1H/t11-,12+;;/m1../s1. The maximum absolute atomic E-state index is 11.8. The number of nitrogens with zero attached hydrogens (tertiary/aromatic N) is 1. The zero-order valence-corrected chi connectivity index (χ0v) is 14.2. The van der Waals surface area contributed by atoms with E-state index in [1.807, 2.05) is 0 Å². The van der Waals surface area contributed by atoms with Crippen LogP contribution in [0.2, 0.25) is 0 Å². The third-order valence-corrected chi connectivity index (χ3v) is 3.26. The van der Waals surface area contributed by atoms with Crippen molar-refractivity contribution in [1.29, 1.82) is 0 Å². The molecule has 0 saturated carbocycles.